The molecule has 0 bridgehead atoms. The first kappa shape index (κ1) is 24.9. The van der Waals surface area contributed by atoms with Crippen LogP contribution in [0.2, 0.25) is 0 Å². The Morgan fingerprint density at radius 1 is 0.759 bits per heavy atom. The molecule has 1 aromatic rings. The standard InChI is InChI=1S/C26H36O2S/c1-21(2)12-10-14-23(5)18-19-26(20-24(6)15-11-13-22(3)4)29(27,28)25-16-8-7-9-17-25/h7-9,12-13,16-20H,10-11,14-15H2,1-6H3/b23-18+,24-20+,26-19+. The van der Waals surface area contributed by atoms with Gasteiger partial charge in [0.05, 0.1) is 9.80 Å². The van der Waals surface area contributed by atoms with Crippen LogP contribution in [0.5, 0.6) is 0 Å². The molecule has 0 aliphatic rings. The lowest BCUT2D eigenvalue weighted by Gasteiger charge is -2.08. The van der Waals surface area contributed by atoms with Gasteiger partial charge in [-0.25, -0.2) is 8.42 Å². The van der Waals surface area contributed by atoms with Crippen LogP contribution in [-0.4, -0.2) is 8.42 Å². The molecule has 1 aromatic carbocycles. The van der Waals surface area contributed by atoms with E-state index in [1.165, 1.54) is 16.7 Å². The minimum absolute atomic E-state index is 0.329. The minimum Gasteiger partial charge on any atom is -0.219 e. The highest BCUT2D eigenvalue weighted by Crippen LogP contribution is 2.23. The number of sulfone groups is 1. The van der Waals surface area contributed by atoms with Crippen molar-refractivity contribution in [1.82, 2.24) is 0 Å². The van der Waals surface area contributed by atoms with Gasteiger partial charge in [0.15, 0.2) is 0 Å². The van der Waals surface area contributed by atoms with E-state index in [9.17, 15) is 8.42 Å². The zero-order valence-electron chi connectivity index (χ0n) is 18.8. The fraction of sp³-hybridized carbons (Fsp3) is 0.385. The van der Waals surface area contributed by atoms with E-state index in [0.29, 0.717) is 9.80 Å². The molecule has 0 radical (unpaired) electrons. The van der Waals surface area contributed by atoms with Crippen molar-refractivity contribution in [3.05, 3.63) is 87.9 Å². The monoisotopic (exact) mass is 412 g/mol. The van der Waals surface area contributed by atoms with Gasteiger partial charge in [-0.2, -0.15) is 0 Å². The molecule has 0 saturated heterocycles. The molecule has 0 aliphatic carbocycles. The lowest BCUT2D eigenvalue weighted by molar-refractivity contribution is 0.603. The van der Waals surface area contributed by atoms with Crippen LogP contribution in [-0.2, 0) is 9.84 Å². The molecular weight excluding hydrogens is 376 g/mol. The maximum Gasteiger partial charge on any atom is 0.206 e. The van der Waals surface area contributed by atoms with Crippen molar-refractivity contribution in [1.29, 1.82) is 0 Å². The fourth-order valence-electron chi connectivity index (χ4n) is 2.75. The summed E-state index contributed by atoms with van der Waals surface area (Å²) in [6, 6.07) is 8.66. The molecule has 0 aromatic heterocycles. The Bertz CT molecular complexity index is 901. The number of hydrogen-bond acceptors (Lipinski definition) is 2. The summed E-state index contributed by atoms with van der Waals surface area (Å²) in [5.74, 6) is 0. The Labute approximate surface area is 178 Å². The maximum atomic E-state index is 13.2. The smallest absolute Gasteiger partial charge is 0.206 e. The zero-order chi connectivity index (χ0) is 21.9. The predicted octanol–water partition coefficient (Wildman–Crippen LogP) is 7.73. The van der Waals surface area contributed by atoms with Crippen LogP contribution in [0.1, 0.15) is 67.2 Å². The number of hydrogen-bond donors (Lipinski definition) is 0. The van der Waals surface area contributed by atoms with Gasteiger partial charge in [-0.1, -0.05) is 58.7 Å². The van der Waals surface area contributed by atoms with Crippen LogP contribution in [0.25, 0.3) is 0 Å². The highest BCUT2D eigenvalue weighted by molar-refractivity contribution is 7.95. The number of rotatable bonds is 10. The molecule has 3 heteroatoms. The molecule has 2 nitrogen and oxygen atoms in total. The van der Waals surface area contributed by atoms with E-state index in [0.717, 1.165) is 31.3 Å². The van der Waals surface area contributed by atoms with Gasteiger partial charge < -0.3 is 0 Å². The van der Waals surface area contributed by atoms with Crippen molar-refractivity contribution in [3.8, 4) is 0 Å². The molecule has 158 valence electrons. The van der Waals surface area contributed by atoms with Crippen molar-refractivity contribution in [3.63, 3.8) is 0 Å². The summed E-state index contributed by atoms with van der Waals surface area (Å²) in [7, 11) is -3.55. The Hall–Kier alpha value is -2.13. The van der Waals surface area contributed by atoms with Gasteiger partial charge in [-0.05, 0) is 91.5 Å². The Morgan fingerprint density at radius 3 is 1.79 bits per heavy atom. The van der Waals surface area contributed by atoms with Gasteiger partial charge in [0, 0.05) is 0 Å². The van der Waals surface area contributed by atoms with Crippen LogP contribution in [0.15, 0.2) is 92.8 Å². The van der Waals surface area contributed by atoms with Crippen LogP contribution >= 0.6 is 0 Å². The number of allylic oxidation sites excluding steroid dienone is 9. The predicted molar refractivity (Wildman–Crippen MR) is 127 cm³/mol. The molecule has 0 fully saturated rings. The SMILES string of the molecule is CC(C)=CCC/C(C)=C/C=C(\C=C(/C)CCC=C(C)C)S(=O)(=O)c1ccccc1. The molecule has 1 rings (SSSR count). The summed E-state index contributed by atoms with van der Waals surface area (Å²) in [5, 5.41) is 0. The van der Waals surface area contributed by atoms with Crippen LogP contribution < -0.4 is 0 Å². The van der Waals surface area contributed by atoms with Crippen LogP contribution in [0.3, 0.4) is 0 Å². The zero-order valence-corrected chi connectivity index (χ0v) is 19.6. The van der Waals surface area contributed by atoms with E-state index in [1.54, 1.807) is 30.3 Å². The second kappa shape index (κ2) is 12.4. The van der Waals surface area contributed by atoms with E-state index < -0.39 is 9.84 Å². The van der Waals surface area contributed by atoms with Crippen molar-refractivity contribution in [2.24, 2.45) is 0 Å². The average molecular weight is 413 g/mol. The first-order valence-electron chi connectivity index (χ1n) is 10.2. The third-order valence-corrected chi connectivity index (χ3v) is 6.23. The van der Waals surface area contributed by atoms with Gasteiger partial charge >= 0.3 is 0 Å². The number of benzene rings is 1. The average Bonchev–Trinajstić information content (AvgIpc) is 2.65. The molecule has 0 aliphatic heterocycles. The lowest BCUT2D eigenvalue weighted by Crippen LogP contribution is -2.03. The van der Waals surface area contributed by atoms with Crippen molar-refractivity contribution < 1.29 is 8.42 Å². The highest BCUT2D eigenvalue weighted by Gasteiger charge is 2.18. The maximum absolute atomic E-state index is 13.2. The summed E-state index contributed by atoms with van der Waals surface area (Å²) < 4.78 is 26.4. The summed E-state index contributed by atoms with van der Waals surface area (Å²) in [4.78, 5) is 0.676. The summed E-state index contributed by atoms with van der Waals surface area (Å²) in [6.45, 7) is 12.4. The third kappa shape index (κ3) is 9.76. The third-order valence-electron chi connectivity index (χ3n) is 4.47. The molecule has 0 spiro atoms. The van der Waals surface area contributed by atoms with E-state index in [4.69, 9.17) is 0 Å². The lowest BCUT2D eigenvalue weighted by atomic mass is 10.1. The van der Waals surface area contributed by atoms with Gasteiger partial charge in [0.2, 0.25) is 9.84 Å². The summed E-state index contributed by atoms with van der Waals surface area (Å²) >= 11 is 0. The first-order chi connectivity index (χ1) is 13.6. The van der Waals surface area contributed by atoms with E-state index >= 15 is 0 Å². The van der Waals surface area contributed by atoms with Gasteiger partial charge in [0.25, 0.3) is 0 Å². The minimum atomic E-state index is -3.55. The second-order valence-electron chi connectivity index (χ2n) is 8.03. The largest absolute Gasteiger partial charge is 0.219 e. The normalized spacial score (nSPS) is 13.2. The molecule has 0 saturated carbocycles. The van der Waals surface area contributed by atoms with Gasteiger partial charge in [-0.15, -0.1) is 0 Å². The molecule has 0 N–H and O–H groups in total. The molecule has 0 amide bonds. The van der Waals surface area contributed by atoms with E-state index in [-0.39, 0.29) is 0 Å². The van der Waals surface area contributed by atoms with Crippen molar-refractivity contribution >= 4 is 9.84 Å². The molecular formula is C26H36O2S. The Morgan fingerprint density at radius 2 is 1.28 bits per heavy atom. The van der Waals surface area contributed by atoms with Crippen molar-refractivity contribution in [2.45, 2.75) is 72.1 Å². The molecule has 0 unspecified atom stereocenters. The summed E-state index contributed by atoms with van der Waals surface area (Å²) in [5.41, 5.74) is 4.80. The highest BCUT2D eigenvalue weighted by atomic mass is 32.2. The Balaban J connectivity index is 3.21. The first-order valence-corrected chi connectivity index (χ1v) is 11.7. The molecule has 0 atom stereocenters. The Kier molecular flexibility index (Phi) is 10.7. The van der Waals surface area contributed by atoms with E-state index in [1.807, 2.05) is 32.1 Å². The van der Waals surface area contributed by atoms with Gasteiger partial charge in [-0.3, -0.25) is 0 Å². The van der Waals surface area contributed by atoms with Crippen LogP contribution in [0, 0.1) is 0 Å². The topological polar surface area (TPSA) is 34.1 Å². The quantitative estimate of drug-likeness (QED) is 0.291. The van der Waals surface area contributed by atoms with Crippen LogP contribution in [0.4, 0.5) is 0 Å². The molecule has 0 heterocycles. The fourth-order valence-corrected chi connectivity index (χ4v) is 4.14. The van der Waals surface area contributed by atoms with E-state index in [2.05, 4.69) is 39.8 Å². The van der Waals surface area contributed by atoms with Crippen molar-refractivity contribution in [2.75, 3.05) is 0 Å². The summed E-state index contributed by atoms with van der Waals surface area (Å²) in [6.07, 6.45) is 13.5. The van der Waals surface area contributed by atoms with Gasteiger partial charge in [0.1, 0.15) is 0 Å². The molecule has 29 heavy (non-hydrogen) atoms. The second-order valence-corrected chi connectivity index (χ2v) is 9.98.